The van der Waals surface area contributed by atoms with Gasteiger partial charge >= 0.3 is 0 Å². The van der Waals surface area contributed by atoms with Gasteiger partial charge in [-0.3, -0.25) is 4.79 Å². The van der Waals surface area contributed by atoms with Crippen molar-refractivity contribution in [3.8, 4) is 5.75 Å². The first-order chi connectivity index (χ1) is 9.39. The molecule has 1 saturated carbocycles. The number of hydrogen-bond acceptors (Lipinski definition) is 3. The van der Waals surface area contributed by atoms with Crippen molar-refractivity contribution < 1.29 is 19.4 Å². The molecule has 0 aromatic heterocycles. The van der Waals surface area contributed by atoms with Crippen LogP contribution in [-0.4, -0.2) is 28.3 Å². The van der Waals surface area contributed by atoms with Crippen LogP contribution in [0.15, 0.2) is 18.2 Å². The molecule has 1 aromatic rings. The SMILES string of the molecule is CC1CCC(O)(CNC(=O)c2cc(F)ccc2O)CC1. The Morgan fingerprint density at radius 1 is 1.45 bits per heavy atom. The van der Waals surface area contributed by atoms with E-state index >= 15 is 0 Å². The minimum atomic E-state index is -0.898. The Morgan fingerprint density at radius 3 is 2.75 bits per heavy atom. The predicted molar refractivity (Wildman–Crippen MR) is 73.0 cm³/mol. The average molecular weight is 281 g/mol. The lowest BCUT2D eigenvalue weighted by molar-refractivity contribution is -0.00542. The molecule has 1 amide bonds. The molecule has 2 rings (SSSR count). The third-order valence-electron chi connectivity index (χ3n) is 3.99. The number of aliphatic hydroxyl groups is 1. The average Bonchev–Trinajstić information content (AvgIpc) is 2.43. The van der Waals surface area contributed by atoms with Crippen molar-refractivity contribution >= 4 is 5.91 Å². The van der Waals surface area contributed by atoms with Gasteiger partial charge in [0.25, 0.3) is 5.91 Å². The molecule has 1 aromatic carbocycles. The van der Waals surface area contributed by atoms with E-state index in [4.69, 9.17) is 0 Å². The maximum Gasteiger partial charge on any atom is 0.255 e. The summed E-state index contributed by atoms with van der Waals surface area (Å²) in [6, 6.07) is 3.21. The summed E-state index contributed by atoms with van der Waals surface area (Å²) in [7, 11) is 0. The third-order valence-corrected chi connectivity index (χ3v) is 3.99. The van der Waals surface area contributed by atoms with Crippen molar-refractivity contribution in [3.05, 3.63) is 29.6 Å². The predicted octanol–water partition coefficient (Wildman–Crippen LogP) is 2.20. The Labute approximate surface area is 117 Å². The van der Waals surface area contributed by atoms with E-state index in [0.29, 0.717) is 18.8 Å². The molecule has 0 unspecified atom stereocenters. The second-order valence-electron chi connectivity index (χ2n) is 5.75. The summed E-state index contributed by atoms with van der Waals surface area (Å²) in [4.78, 5) is 11.9. The van der Waals surface area contributed by atoms with Crippen molar-refractivity contribution in [3.63, 3.8) is 0 Å². The van der Waals surface area contributed by atoms with Crippen LogP contribution in [0.25, 0.3) is 0 Å². The van der Waals surface area contributed by atoms with Crippen molar-refractivity contribution in [1.29, 1.82) is 0 Å². The van der Waals surface area contributed by atoms with Gasteiger partial charge in [-0.05, 0) is 49.8 Å². The Kier molecular flexibility index (Phi) is 4.28. The minimum Gasteiger partial charge on any atom is -0.507 e. The lowest BCUT2D eigenvalue weighted by atomic mass is 9.79. The number of halogens is 1. The van der Waals surface area contributed by atoms with Gasteiger partial charge in [-0.2, -0.15) is 0 Å². The van der Waals surface area contributed by atoms with Gasteiger partial charge in [0.1, 0.15) is 11.6 Å². The number of nitrogens with one attached hydrogen (secondary N) is 1. The van der Waals surface area contributed by atoms with E-state index in [9.17, 15) is 19.4 Å². The molecule has 0 spiro atoms. The van der Waals surface area contributed by atoms with Crippen LogP contribution in [0.4, 0.5) is 4.39 Å². The van der Waals surface area contributed by atoms with Gasteiger partial charge in [0.2, 0.25) is 0 Å². The van der Waals surface area contributed by atoms with Gasteiger partial charge in [-0.25, -0.2) is 4.39 Å². The number of benzene rings is 1. The van der Waals surface area contributed by atoms with Gasteiger partial charge in [0.05, 0.1) is 11.2 Å². The molecule has 0 radical (unpaired) electrons. The molecule has 1 fully saturated rings. The molecule has 3 N–H and O–H groups in total. The monoisotopic (exact) mass is 281 g/mol. The van der Waals surface area contributed by atoms with Gasteiger partial charge in [-0.15, -0.1) is 0 Å². The zero-order valence-corrected chi connectivity index (χ0v) is 11.5. The van der Waals surface area contributed by atoms with E-state index in [2.05, 4.69) is 12.2 Å². The number of phenolic OH excluding ortho intramolecular Hbond substituents is 1. The molecular formula is C15H20FNO3. The summed E-state index contributed by atoms with van der Waals surface area (Å²) < 4.78 is 13.1. The zero-order valence-electron chi connectivity index (χ0n) is 11.5. The second kappa shape index (κ2) is 5.79. The fourth-order valence-electron chi connectivity index (χ4n) is 2.51. The molecule has 0 heterocycles. The topological polar surface area (TPSA) is 69.6 Å². The maximum atomic E-state index is 13.1. The molecule has 5 heteroatoms. The van der Waals surface area contributed by atoms with E-state index in [1.807, 2.05) is 0 Å². The highest BCUT2D eigenvalue weighted by molar-refractivity contribution is 5.96. The van der Waals surface area contributed by atoms with Crippen molar-refractivity contribution in [2.75, 3.05) is 6.54 Å². The Bertz CT molecular complexity index is 496. The molecule has 4 nitrogen and oxygen atoms in total. The summed E-state index contributed by atoms with van der Waals surface area (Å²) >= 11 is 0. The summed E-state index contributed by atoms with van der Waals surface area (Å²) in [6.07, 6.45) is 3.14. The van der Waals surface area contributed by atoms with Crippen molar-refractivity contribution in [2.24, 2.45) is 5.92 Å². The molecular weight excluding hydrogens is 261 g/mol. The fourth-order valence-corrected chi connectivity index (χ4v) is 2.51. The van der Waals surface area contributed by atoms with E-state index in [-0.39, 0.29) is 17.9 Å². The summed E-state index contributed by atoms with van der Waals surface area (Å²) in [6.45, 7) is 2.26. The number of carbonyl (C=O) groups is 1. The molecule has 20 heavy (non-hydrogen) atoms. The minimum absolute atomic E-state index is 0.113. The number of rotatable bonds is 3. The number of aromatic hydroxyl groups is 1. The van der Waals surface area contributed by atoms with E-state index in [1.165, 1.54) is 0 Å². The van der Waals surface area contributed by atoms with Crippen LogP contribution in [0.2, 0.25) is 0 Å². The lowest BCUT2D eigenvalue weighted by Crippen LogP contribution is -2.45. The highest BCUT2D eigenvalue weighted by atomic mass is 19.1. The normalized spacial score (nSPS) is 26.2. The molecule has 1 aliphatic rings. The van der Waals surface area contributed by atoms with Crippen LogP contribution in [-0.2, 0) is 0 Å². The molecule has 0 aliphatic heterocycles. The van der Waals surface area contributed by atoms with Crippen molar-refractivity contribution in [2.45, 2.75) is 38.2 Å². The largest absolute Gasteiger partial charge is 0.507 e. The first-order valence-electron chi connectivity index (χ1n) is 6.89. The fraction of sp³-hybridized carbons (Fsp3) is 0.533. The summed E-state index contributed by atoms with van der Waals surface area (Å²) in [5, 5.41) is 22.5. The van der Waals surface area contributed by atoms with Crippen LogP contribution >= 0.6 is 0 Å². The molecule has 0 saturated heterocycles. The van der Waals surface area contributed by atoms with Crippen LogP contribution < -0.4 is 5.32 Å². The van der Waals surface area contributed by atoms with Crippen LogP contribution in [0.1, 0.15) is 43.0 Å². The van der Waals surface area contributed by atoms with E-state index < -0.39 is 17.3 Å². The molecule has 0 bridgehead atoms. The summed E-state index contributed by atoms with van der Waals surface area (Å²) in [5.74, 6) is -0.835. The maximum absolute atomic E-state index is 13.1. The number of phenols is 1. The number of hydrogen-bond donors (Lipinski definition) is 3. The van der Waals surface area contributed by atoms with Gasteiger partial charge in [0.15, 0.2) is 0 Å². The molecule has 110 valence electrons. The van der Waals surface area contributed by atoms with Crippen LogP contribution in [0.3, 0.4) is 0 Å². The van der Waals surface area contributed by atoms with Crippen LogP contribution in [0.5, 0.6) is 5.75 Å². The number of carbonyl (C=O) groups excluding carboxylic acids is 1. The van der Waals surface area contributed by atoms with Gasteiger partial charge in [0, 0.05) is 6.54 Å². The summed E-state index contributed by atoms with van der Waals surface area (Å²) in [5.41, 5.74) is -1.01. The van der Waals surface area contributed by atoms with Crippen LogP contribution in [0, 0.1) is 11.7 Å². The van der Waals surface area contributed by atoms with Gasteiger partial charge in [-0.1, -0.05) is 6.92 Å². The Morgan fingerprint density at radius 2 is 2.10 bits per heavy atom. The Hall–Kier alpha value is -1.62. The third kappa shape index (κ3) is 3.48. The second-order valence-corrected chi connectivity index (χ2v) is 5.75. The highest BCUT2D eigenvalue weighted by Crippen LogP contribution is 2.31. The van der Waals surface area contributed by atoms with E-state index in [0.717, 1.165) is 31.0 Å². The van der Waals surface area contributed by atoms with E-state index in [1.54, 1.807) is 0 Å². The smallest absolute Gasteiger partial charge is 0.255 e. The first-order valence-corrected chi connectivity index (χ1v) is 6.89. The first kappa shape index (κ1) is 14.8. The highest BCUT2D eigenvalue weighted by Gasteiger charge is 2.32. The molecule has 0 atom stereocenters. The lowest BCUT2D eigenvalue weighted by Gasteiger charge is -2.34. The Balaban J connectivity index is 1.97. The zero-order chi connectivity index (χ0) is 14.8. The number of amides is 1. The van der Waals surface area contributed by atoms with Crippen molar-refractivity contribution in [1.82, 2.24) is 5.32 Å². The molecule has 1 aliphatic carbocycles. The standard InChI is InChI=1S/C15H20FNO3/c1-10-4-6-15(20,7-5-10)9-17-14(19)12-8-11(16)2-3-13(12)18/h2-3,8,10,18,20H,4-7,9H2,1H3,(H,17,19). The van der Waals surface area contributed by atoms with Gasteiger partial charge < -0.3 is 15.5 Å². The quantitative estimate of drug-likeness (QED) is 0.795.